The number of guanidine groups is 1. The van der Waals surface area contributed by atoms with Gasteiger partial charge in [-0.3, -0.25) is 0 Å². The van der Waals surface area contributed by atoms with Gasteiger partial charge in [0.25, 0.3) is 0 Å². The van der Waals surface area contributed by atoms with E-state index in [1.807, 2.05) is 11.8 Å². The van der Waals surface area contributed by atoms with E-state index in [9.17, 15) is 13.2 Å². The number of ether oxygens (including phenoxy) is 2. The molecule has 1 aliphatic rings. The van der Waals surface area contributed by atoms with Gasteiger partial charge in [0, 0.05) is 13.1 Å². The van der Waals surface area contributed by atoms with Crippen LogP contribution in [0.2, 0.25) is 0 Å². The molecule has 1 aromatic rings. The van der Waals surface area contributed by atoms with Gasteiger partial charge in [-0.1, -0.05) is 13.0 Å². The lowest BCUT2D eigenvalue weighted by atomic mass is 10.2. The molecule has 1 heterocycles. The Kier molecular flexibility index (Phi) is 8.77. The Labute approximate surface area is 162 Å². The molecule has 0 radical (unpaired) electrons. The maximum atomic E-state index is 12.7. The van der Waals surface area contributed by atoms with Crippen LogP contribution in [0.5, 0.6) is 5.75 Å². The fourth-order valence-electron chi connectivity index (χ4n) is 2.28. The molecule has 1 aliphatic heterocycles. The highest BCUT2D eigenvalue weighted by Crippen LogP contribution is 2.31. The number of benzene rings is 1. The second kappa shape index (κ2) is 10.0. The Morgan fingerprint density at radius 1 is 1.36 bits per heavy atom. The molecule has 2 N–H and O–H groups in total. The van der Waals surface area contributed by atoms with Crippen molar-refractivity contribution in [2.24, 2.45) is 10.7 Å². The number of hydrogen-bond acceptors (Lipinski definition) is 3. The number of aliphatic imine (C=N–C) groups is 1. The molecule has 1 unspecified atom stereocenters. The summed E-state index contributed by atoms with van der Waals surface area (Å²) in [4.78, 5) is 6.22. The predicted molar refractivity (Wildman–Crippen MR) is 100 cm³/mol. The molecule has 5 nitrogen and oxygen atoms in total. The van der Waals surface area contributed by atoms with Crippen LogP contribution in [0, 0.1) is 0 Å². The zero-order valence-corrected chi connectivity index (χ0v) is 16.3. The van der Waals surface area contributed by atoms with E-state index >= 15 is 0 Å². The summed E-state index contributed by atoms with van der Waals surface area (Å²) in [5.74, 6) is 0.584. The first-order valence-corrected chi connectivity index (χ1v) is 7.86. The summed E-state index contributed by atoms with van der Waals surface area (Å²) < 4.78 is 49.1. The average molecular weight is 473 g/mol. The Morgan fingerprint density at radius 3 is 2.64 bits per heavy atom. The van der Waals surface area contributed by atoms with E-state index in [4.69, 9.17) is 15.2 Å². The number of hydrogen-bond donors (Lipinski definition) is 1. The van der Waals surface area contributed by atoms with Gasteiger partial charge in [-0.05, 0) is 24.6 Å². The van der Waals surface area contributed by atoms with Gasteiger partial charge in [0.05, 0.1) is 25.3 Å². The van der Waals surface area contributed by atoms with E-state index in [1.165, 1.54) is 12.1 Å². The Hall–Kier alpha value is -1.23. The van der Waals surface area contributed by atoms with Crippen molar-refractivity contribution in [1.29, 1.82) is 0 Å². The number of nitrogens with zero attached hydrogens (tertiary/aromatic N) is 2. The molecule has 0 aromatic heterocycles. The third-order valence-corrected chi connectivity index (χ3v) is 3.71. The molecule has 1 atom stereocenters. The zero-order chi connectivity index (χ0) is 17.6. The van der Waals surface area contributed by atoms with E-state index in [0.717, 1.165) is 12.1 Å². The summed E-state index contributed by atoms with van der Waals surface area (Å²) in [6.07, 6.45) is -4.12. The standard InChI is InChI=1S/C16H22F3N3O2.HI/c1-2-13(11-21-15(20)22-6-8-23-9-7-22)24-14-5-3-4-12(10-14)16(17,18)19;/h3-5,10,13H,2,6-9,11H2,1H3,(H2,20,21);1H. The van der Waals surface area contributed by atoms with Crippen molar-refractivity contribution in [3.8, 4) is 5.75 Å². The van der Waals surface area contributed by atoms with E-state index < -0.39 is 11.7 Å². The highest BCUT2D eigenvalue weighted by atomic mass is 127. The Morgan fingerprint density at radius 2 is 2.04 bits per heavy atom. The maximum Gasteiger partial charge on any atom is 0.416 e. The molecule has 25 heavy (non-hydrogen) atoms. The van der Waals surface area contributed by atoms with E-state index in [2.05, 4.69) is 4.99 Å². The largest absolute Gasteiger partial charge is 0.488 e. The van der Waals surface area contributed by atoms with Gasteiger partial charge in [0.15, 0.2) is 5.96 Å². The Balaban J connectivity index is 0.00000312. The number of nitrogens with two attached hydrogens (primary N) is 1. The van der Waals surface area contributed by atoms with E-state index in [1.54, 1.807) is 0 Å². The molecular formula is C16H23F3IN3O2. The number of halogens is 4. The Bertz CT molecular complexity index is 564. The molecule has 9 heteroatoms. The van der Waals surface area contributed by atoms with Crippen molar-refractivity contribution in [3.05, 3.63) is 29.8 Å². The lowest BCUT2D eigenvalue weighted by molar-refractivity contribution is -0.137. The summed E-state index contributed by atoms with van der Waals surface area (Å²) in [5.41, 5.74) is 5.21. The molecule has 0 amide bonds. The lowest BCUT2D eigenvalue weighted by Crippen LogP contribution is -2.45. The minimum atomic E-state index is -4.39. The van der Waals surface area contributed by atoms with Gasteiger partial charge in [-0.15, -0.1) is 24.0 Å². The third-order valence-electron chi connectivity index (χ3n) is 3.71. The first-order chi connectivity index (χ1) is 11.4. The first kappa shape index (κ1) is 21.8. The predicted octanol–water partition coefficient (Wildman–Crippen LogP) is 3.13. The topological polar surface area (TPSA) is 60.1 Å². The van der Waals surface area contributed by atoms with Gasteiger partial charge in [-0.25, -0.2) is 4.99 Å². The van der Waals surface area contributed by atoms with Crippen molar-refractivity contribution in [3.63, 3.8) is 0 Å². The van der Waals surface area contributed by atoms with Gasteiger partial charge >= 0.3 is 6.18 Å². The summed E-state index contributed by atoms with van der Waals surface area (Å²) in [5, 5.41) is 0. The van der Waals surface area contributed by atoms with E-state index in [0.29, 0.717) is 38.7 Å². The van der Waals surface area contributed by atoms with Crippen LogP contribution in [0.15, 0.2) is 29.3 Å². The van der Waals surface area contributed by atoms with Crippen LogP contribution in [0.25, 0.3) is 0 Å². The summed E-state index contributed by atoms with van der Waals surface area (Å²) >= 11 is 0. The molecule has 0 spiro atoms. The molecular weight excluding hydrogens is 450 g/mol. The average Bonchev–Trinajstić information content (AvgIpc) is 2.58. The fraction of sp³-hybridized carbons (Fsp3) is 0.562. The molecule has 2 rings (SSSR count). The second-order valence-electron chi connectivity index (χ2n) is 5.47. The van der Waals surface area contributed by atoms with Gasteiger partial charge in [0.2, 0.25) is 0 Å². The van der Waals surface area contributed by atoms with Gasteiger partial charge in [0.1, 0.15) is 11.9 Å². The zero-order valence-electron chi connectivity index (χ0n) is 14.0. The van der Waals surface area contributed by atoms with Crippen molar-refractivity contribution >= 4 is 29.9 Å². The van der Waals surface area contributed by atoms with Crippen LogP contribution in [0.4, 0.5) is 13.2 Å². The monoisotopic (exact) mass is 473 g/mol. The van der Waals surface area contributed by atoms with Crippen LogP contribution in [-0.2, 0) is 10.9 Å². The molecule has 1 aromatic carbocycles. The van der Waals surface area contributed by atoms with Crippen LogP contribution in [0.1, 0.15) is 18.9 Å². The van der Waals surface area contributed by atoms with Gasteiger partial charge in [-0.2, -0.15) is 13.2 Å². The quantitative estimate of drug-likeness (QED) is 0.406. The summed E-state index contributed by atoms with van der Waals surface area (Å²) in [7, 11) is 0. The number of alkyl halides is 3. The summed E-state index contributed by atoms with van der Waals surface area (Å²) in [6, 6.07) is 4.85. The van der Waals surface area contributed by atoms with Crippen molar-refractivity contribution in [1.82, 2.24) is 4.90 Å². The molecule has 142 valence electrons. The van der Waals surface area contributed by atoms with Crippen LogP contribution >= 0.6 is 24.0 Å². The van der Waals surface area contributed by atoms with Crippen molar-refractivity contribution in [2.45, 2.75) is 25.6 Å². The van der Waals surface area contributed by atoms with Crippen LogP contribution in [0.3, 0.4) is 0 Å². The highest BCUT2D eigenvalue weighted by Gasteiger charge is 2.30. The van der Waals surface area contributed by atoms with Crippen LogP contribution < -0.4 is 10.5 Å². The highest BCUT2D eigenvalue weighted by molar-refractivity contribution is 14.0. The van der Waals surface area contributed by atoms with Crippen LogP contribution in [-0.4, -0.2) is 49.8 Å². The number of rotatable bonds is 5. The third kappa shape index (κ3) is 6.89. The fourth-order valence-corrected chi connectivity index (χ4v) is 2.28. The summed E-state index contributed by atoms with van der Waals surface area (Å²) in [6.45, 7) is 4.75. The van der Waals surface area contributed by atoms with E-state index in [-0.39, 0.29) is 42.4 Å². The molecule has 1 saturated heterocycles. The van der Waals surface area contributed by atoms with Crippen molar-refractivity contribution in [2.75, 3.05) is 32.8 Å². The second-order valence-corrected chi connectivity index (χ2v) is 5.47. The molecule has 1 fully saturated rings. The normalized spacial score (nSPS) is 17.0. The smallest absolute Gasteiger partial charge is 0.416 e. The first-order valence-electron chi connectivity index (χ1n) is 7.86. The SMILES string of the molecule is CCC(CN=C(N)N1CCOCC1)Oc1cccc(C(F)(F)F)c1.I. The molecule has 0 saturated carbocycles. The maximum absolute atomic E-state index is 12.7. The molecule has 0 aliphatic carbocycles. The molecule has 0 bridgehead atoms. The lowest BCUT2D eigenvalue weighted by Gasteiger charge is -2.28. The minimum Gasteiger partial charge on any atom is -0.488 e. The number of morpholine rings is 1. The van der Waals surface area contributed by atoms with Gasteiger partial charge < -0.3 is 20.1 Å². The van der Waals surface area contributed by atoms with Crippen molar-refractivity contribution < 1.29 is 22.6 Å². The minimum absolute atomic E-state index is 0.